The quantitative estimate of drug-likeness (QED) is 0.447. The molecule has 0 aliphatic carbocycles. The molecule has 7 heteroatoms. The number of aromatic nitrogens is 1. The first-order valence-electron chi connectivity index (χ1n) is 9.95. The molecule has 3 aromatic rings. The molecule has 0 spiro atoms. The Labute approximate surface area is 175 Å². The molecule has 0 N–H and O–H groups in total. The van der Waals surface area contributed by atoms with Crippen molar-refractivity contribution >= 4 is 5.69 Å². The molecular formula is C23H25N3O4. The van der Waals surface area contributed by atoms with Gasteiger partial charge in [-0.2, -0.15) is 0 Å². The molecule has 0 amide bonds. The van der Waals surface area contributed by atoms with Crippen molar-refractivity contribution < 1.29 is 14.4 Å². The minimum atomic E-state index is -0.304. The third-order valence-corrected chi connectivity index (χ3v) is 5.64. The lowest BCUT2D eigenvalue weighted by Gasteiger charge is -2.31. The molecule has 0 saturated heterocycles. The van der Waals surface area contributed by atoms with Crippen molar-refractivity contribution in [2.24, 2.45) is 0 Å². The monoisotopic (exact) mass is 407 g/mol. The highest BCUT2D eigenvalue weighted by Gasteiger charge is 2.29. The number of ether oxygens (including phenoxy) is 2. The van der Waals surface area contributed by atoms with Crippen LogP contribution in [0, 0.1) is 10.1 Å². The summed E-state index contributed by atoms with van der Waals surface area (Å²) in [4.78, 5) is 13.6. The Morgan fingerprint density at radius 1 is 1.03 bits per heavy atom. The third-order valence-electron chi connectivity index (χ3n) is 5.64. The maximum Gasteiger partial charge on any atom is 0.273 e. The first kappa shape index (κ1) is 20.0. The van der Waals surface area contributed by atoms with Gasteiger partial charge in [-0.25, -0.2) is 0 Å². The number of methoxy groups -OCH3 is 2. The van der Waals surface area contributed by atoms with Gasteiger partial charge in [-0.05, 0) is 36.2 Å². The number of benzene rings is 2. The molecule has 156 valence electrons. The van der Waals surface area contributed by atoms with Gasteiger partial charge in [0.15, 0.2) is 11.5 Å². The predicted octanol–water partition coefficient (Wildman–Crippen LogP) is 4.41. The number of nitro benzene ring substituents is 1. The fourth-order valence-corrected chi connectivity index (χ4v) is 4.26. The fraction of sp³-hybridized carbons (Fsp3) is 0.304. The van der Waals surface area contributed by atoms with E-state index in [1.807, 2.05) is 30.3 Å². The molecule has 7 nitrogen and oxygen atoms in total. The van der Waals surface area contributed by atoms with Crippen LogP contribution in [0.15, 0.2) is 60.8 Å². The van der Waals surface area contributed by atoms with Gasteiger partial charge < -0.3 is 14.0 Å². The van der Waals surface area contributed by atoms with E-state index < -0.39 is 0 Å². The van der Waals surface area contributed by atoms with E-state index >= 15 is 0 Å². The van der Waals surface area contributed by atoms with Crippen LogP contribution in [0.4, 0.5) is 5.69 Å². The van der Waals surface area contributed by atoms with E-state index in [-0.39, 0.29) is 16.7 Å². The SMILES string of the molecule is COc1ccc([C@@H]2c3cccn3CCCN2Cc2ccccc2[N+](=O)[O-])cc1OC. The van der Waals surface area contributed by atoms with Crippen LogP contribution in [0.3, 0.4) is 0 Å². The number of nitrogens with zero attached hydrogens (tertiary/aromatic N) is 3. The van der Waals surface area contributed by atoms with Crippen LogP contribution in [0.1, 0.15) is 29.3 Å². The molecular weight excluding hydrogens is 382 g/mol. The standard InChI is InChI=1S/C23H25N3O4/c1-29-21-11-10-17(15-22(21)30-2)23-20-9-5-12-24(20)13-6-14-25(23)16-18-7-3-4-8-19(18)26(27)28/h3-5,7-12,15,23H,6,13-14,16H2,1-2H3/t23-/m1/s1. The average molecular weight is 407 g/mol. The van der Waals surface area contributed by atoms with Crippen molar-refractivity contribution in [1.82, 2.24) is 9.47 Å². The minimum Gasteiger partial charge on any atom is -0.493 e. The highest BCUT2D eigenvalue weighted by molar-refractivity contribution is 5.46. The fourth-order valence-electron chi connectivity index (χ4n) is 4.26. The molecule has 1 aliphatic rings. The maximum absolute atomic E-state index is 11.5. The van der Waals surface area contributed by atoms with Crippen molar-refractivity contribution in [1.29, 1.82) is 0 Å². The van der Waals surface area contributed by atoms with Gasteiger partial charge in [-0.15, -0.1) is 0 Å². The van der Waals surface area contributed by atoms with E-state index in [4.69, 9.17) is 9.47 Å². The first-order valence-corrected chi connectivity index (χ1v) is 9.95. The van der Waals surface area contributed by atoms with Gasteiger partial charge in [-0.1, -0.05) is 24.3 Å². The summed E-state index contributed by atoms with van der Waals surface area (Å²) in [6, 6.07) is 17.1. The number of fused-ring (bicyclic) bond motifs is 1. The molecule has 1 aliphatic heterocycles. The first-order chi connectivity index (χ1) is 14.6. The van der Waals surface area contributed by atoms with E-state index in [2.05, 4.69) is 27.8 Å². The van der Waals surface area contributed by atoms with E-state index in [0.29, 0.717) is 23.6 Å². The summed E-state index contributed by atoms with van der Waals surface area (Å²) in [5.74, 6) is 1.35. The number of para-hydroxylation sites is 1. The predicted molar refractivity (Wildman–Crippen MR) is 114 cm³/mol. The lowest BCUT2D eigenvalue weighted by molar-refractivity contribution is -0.385. The summed E-state index contributed by atoms with van der Waals surface area (Å²) < 4.78 is 13.2. The average Bonchev–Trinajstić information content (AvgIpc) is 3.15. The van der Waals surface area contributed by atoms with Crippen LogP contribution in [0.2, 0.25) is 0 Å². The van der Waals surface area contributed by atoms with Crippen LogP contribution in [0.5, 0.6) is 11.5 Å². The zero-order valence-electron chi connectivity index (χ0n) is 17.2. The summed E-state index contributed by atoms with van der Waals surface area (Å²) in [5, 5.41) is 11.5. The smallest absolute Gasteiger partial charge is 0.273 e. The van der Waals surface area contributed by atoms with E-state index in [9.17, 15) is 10.1 Å². The zero-order chi connectivity index (χ0) is 21.1. The maximum atomic E-state index is 11.5. The molecule has 0 fully saturated rings. The normalized spacial score (nSPS) is 16.5. The Morgan fingerprint density at radius 3 is 2.60 bits per heavy atom. The Bertz CT molecular complexity index is 1050. The van der Waals surface area contributed by atoms with Gasteiger partial charge in [-0.3, -0.25) is 15.0 Å². The van der Waals surface area contributed by atoms with Crippen LogP contribution in [0.25, 0.3) is 0 Å². The highest BCUT2D eigenvalue weighted by Crippen LogP contribution is 2.38. The van der Waals surface area contributed by atoms with Crippen LogP contribution >= 0.6 is 0 Å². The largest absolute Gasteiger partial charge is 0.493 e. The van der Waals surface area contributed by atoms with Gasteiger partial charge in [0.05, 0.1) is 25.2 Å². The molecule has 2 aromatic carbocycles. The van der Waals surface area contributed by atoms with Crippen LogP contribution in [-0.2, 0) is 13.1 Å². The molecule has 30 heavy (non-hydrogen) atoms. The molecule has 0 radical (unpaired) electrons. The van der Waals surface area contributed by atoms with E-state index in [1.54, 1.807) is 26.4 Å². The second kappa shape index (κ2) is 8.59. The Hall–Kier alpha value is -3.32. The van der Waals surface area contributed by atoms with Crippen molar-refractivity contribution in [3.8, 4) is 11.5 Å². The molecule has 1 aromatic heterocycles. The van der Waals surface area contributed by atoms with Crippen LogP contribution in [-0.4, -0.2) is 35.2 Å². The lowest BCUT2D eigenvalue weighted by Crippen LogP contribution is -2.29. The number of nitro groups is 1. The van der Waals surface area contributed by atoms with Gasteiger partial charge in [0.25, 0.3) is 5.69 Å². The van der Waals surface area contributed by atoms with Crippen molar-refractivity contribution in [2.45, 2.75) is 25.6 Å². The van der Waals surface area contributed by atoms with E-state index in [0.717, 1.165) is 25.1 Å². The van der Waals surface area contributed by atoms with Gasteiger partial charge >= 0.3 is 0 Å². The zero-order valence-corrected chi connectivity index (χ0v) is 17.2. The molecule has 1 atom stereocenters. The van der Waals surface area contributed by atoms with Crippen molar-refractivity contribution in [2.75, 3.05) is 20.8 Å². The Balaban J connectivity index is 1.79. The minimum absolute atomic E-state index is 0.0536. The number of rotatable bonds is 6. The summed E-state index contributed by atoms with van der Waals surface area (Å²) >= 11 is 0. The van der Waals surface area contributed by atoms with Gasteiger partial charge in [0, 0.05) is 43.2 Å². The summed E-state index contributed by atoms with van der Waals surface area (Å²) in [6.07, 6.45) is 3.06. The number of aryl methyl sites for hydroxylation is 1. The number of hydrogen-bond donors (Lipinski definition) is 0. The molecule has 0 saturated carbocycles. The summed E-state index contributed by atoms with van der Waals surface area (Å²) in [5.41, 5.74) is 3.10. The van der Waals surface area contributed by atoms with E-state index in [1.165, 1.54) is 5.69 Å². The molecule has 2 heterocycles. The van der Waals surface area contributed by atoms with Crippen molar-refractivity contribution in [3.05, 3.63) is 87.7 Å². The lowest BCUT2D eigenvalue weighted by atomic mass is 10.00. The highest BCUT2D eigenvalue weighted by atomic mass is 16.6. The Morgan fingerprint density at radius 2 is 1.83 bits per heavy atom. The topological polar surface area (TPSA) is 69.8 Å². The van der Waals surface area contributed by atoms with Gasteiger partial charge in [0.2, 0.25) is 0 Å². The van der Waals surface area contributed by atoms with Gasteiger partial charge in [0.1, 0.15) is 0 Å². The summed E-state index contributed by atoms with van der Waals surface area (Å²) in [7, 11) is 3.25. The molecule has 0 bridgehead atoms. The van der Waals surface area contributed by atoms with Crippen molar-refractivity contribution in [3.63, 3.8) is 0 Å². The second-order valence-corrected chi connectivity index (χ2v) is 7.35. The molecule has 4 rings (SSSR count). The Kier molecular flexibility index (Phi) is 5.72. The van der Waals surface area contributed by atoms with Crippen LogP contribution < -0.4 is 9.47 Å². The molecule has 0 unspecified atom stereocenters. The summed E-state index contributed by atoms with van der Waals surface area (Å²) in [6.45, 7) is 2.23. The third kappa shape index (κ3) is 3.76. The second-order valence-electron chi connectivity index (χ2n) is 7.35. The number of hydrogen-bond acceptors (Lipinski definition) is 5.